The van der Waals surface area contributed by atoms with Crippen molar-refractivity contribution < 1.29 is 18.7 Å². The van der Waals surface area contributed by atoms with Crippen LogP contribution in [-0.4, -0.2) is 25.0 Å². The van der Waals surface area contributed by atoms with Gasteiger partial charge in [-0.25, -0.2) is 4.39 Å². The molecular formula is C18H14ClFN2O3. The Bertz CT molecular complexity index is 849. The zero-order valence-electron chi connectivity index (χ0n) is 13.1. The zero-order chi connectivity index (χ0) is 18.0. The molecule has 0 saturated heterocycles. The van der Waals surface area contributed by atoms with E-state index in [0.29, 0.717) is 23.7 Å². The summed E-state index contributed by atoms with van der Waals surface area (Å²) in [7, 11) is 0. The van der Waals surface area contributed by atoms with Crippen molar-refractivity contribution in [3.8, 4) is 5.75 Å². The van der Waals surface area contributed by atoms with E-state index in [2.05, 4.69) is 11.9 Å². The van der Waals surface area contributed by atoms with Crippen LogP contribution >= 0.6 is 11.6 Å². The molecule has 0 unspecified atom stereocenters. The average molecular weight is 361 g/mol. The second-order valence-corrected chi connectivity index (χ2v) is 5.72. The quantitative estimate of drug-likeness (QED) is 0.847. The Hall–Kier alpha value is -2.86. The number of nitrogens with zero attached hydrogens (tertiary/aromatic N) is 1. The Balaban J connectivity index is 1.87. The second kappa shape index (κ2) is 6.94. The lowest BCUT2D eigenvalue weighted by atomic mass is 10.1. The summed E-state index contributed by atoms with van der Waals surface area (Å²) in [6.45, 7) is 3.88. The van der Waals surface area contributed by atoms with E-state index in [1.54, 1.807) is 24.3 Å². The standard InChI is InChI=1S/C18H14ClFN2O3/c1-2-8-22-14-7-6-11(9-15(14)25-10-16(22)23)21-18(24)17-12(19)4-3-5-13(17)20/h2-7,9H,1,8,10H2,(H,21,24). The Labute approximate surface area is 148 Å². The van der Waals surface area contributed by atoms with Crippen molar-refractivity contribution in [3.63, 3.8) is 0 Å². The predicted molar refractivity (Wildman–Crippen MR) is 93.9 cm³/mol. The third-order valence-electron chi connectivity index (χ3n) is 3.66. The summed E-state index contributed by atoms with van der Waals surface area (Å²) in [5.41, 5.74) is 0.750. The van der Waals surface area contributed by atoms with Gasteiger partial charge in [-0.05, 0) is 24.3 Å². The maximum atomic E-state index is 13.8. The summed E-state index contributed by atoms with van der Waals surface area (Å²) in [5.74, 6) is -1.11. The highest BCUT2D eigenvalue weighted by Crippen LogP contribution is 2.34. The first-order valence-electron chi connectivity index (χ1n) is 7.44. The van der Waals surface area contributed by atoms with Gasteiger partial charge in [0.2, 0.25) is 0 Å². The van der Waals surface area contributed by atoms with Crippen molar-refractivity contribution >= 4 is 34.8 Å². The van der Waals surface area contributed by atoms with E-state index in [-0.39, 0.29) is 23.1 Å². The number of nitrogens with one attached hydrogen (secondary N) is 1. The Kier molecular flexibility index (Phi) is 4.72. The maximum Gasteiger partial charge on any atom is 0.265 e. The smallest absolute Gasteiger partial charge is 0.265 e. The van der Waals surface area contributed by atoms with Gasteiger partial charge in [0.1, 0.15) is 11.6 Å². The molecule has 3 rings (SSSR count). The Morgan fingerprint density at radius 2 is 2.20 bits per heavy atom. The van der Waals surface area contributed by atoms with Gasteiger partial charge in [0.05, 0.1) is 16.3 Å². The van der Waals surface area contributed by atoms with Crippen molar-refractivity contribution in [1.82, 2.24) is 0 Å². The van der Waals surface area contributed by atoms with Crippen LogP contribution in [0.15, 0.2) is 49.1 Å². The molecule has 0 aliphatic carbocycles. The fourth-order valence-corrected chi connectivity index (χ4v) is 2.77. The van der Waals surface area contributed by atoms with Gasteiger partial charge in [0.25, 0.3) is 11.8 Å². The van der Waals surface area contributed by atoms with E-state index in [4.69, 9.17) is 16.3 Å². The largest absolute Gasteiger partial charge is 0.481 e. The first-order valence-corrected chi connectivity index (χ1v) is 7.82. The minimum Gasteiger partial charge on any atom is -0.481 e. The minimum absolute atomic E-state index is 0.0227. The van der Waals surface area contributed by atoms with Gasteiger partial charge in [-0.2, -0.15) is 0 Å². The third kappa shape index (κ3) is 3.34. The van der Waals surface area contributed by atoms with Crippen LogP contribution in [0.1, 0.15) is 10.4 Å². The highest BCUT2D eigenvalue weighted by molar-refractivity contribution is 6.34. The van der Waals surface area contributed by atoms with Gasteiger partial charge in [-0.15, -0.1) is 6.58 Å². The van der Waals surface area contributed by atoms with E-state index < -0.39 is 11.7 Å². The molecule has 1 aliphatic rings. The molecule has 0 aromatic heterocycles. The van der Waals surface area contributed by atoms with E-state index in [1.807, 2.05) is 0 Å². The average Bonchev–Trinajstić information content (AvgIpc) is 2.57. The molecule has 0 saturated carbocycles. The summed E-state index contributed by atoms with van der Waals surface area (Å²) >= 11 is 5.90. The van der Waals surface area contributed by atoms with Crippen LogP contribution in [0.4, 0.5) is 15.8 Å². The molecule has 0 spiro atoms. The fourth-order valence-electron chi connectivity index (χ4n) is 2.52. The number of fused-ring (bicyclic) bond motifs is 1. The van der Waals surface area contributed by atoms with E-state index >= 15 is 0 Å². The molecule has 1 heterocycles. The maximum absolute atomic E-state index is 13.8. The molecule has 5 nitrogen and oxygen atoms in total. The van der Waals surface area contributed by atoms with Crippen LogP contribution < -0.4 is 15.0 Å². The van der Waals surface area contributed by atoms with Crippen molar-refractivity contribution in [2.45, 2.75) is 0 Å². The molecular weight excluding hydrogens is 347 g/mol. The minimum atomic E-state index is -0.707. The van der Waals surface area contributed by atoms with Crippen LogP contribution in [0.5, 0.6) is 5.75 Å². The molecule has 1 N–H and O–H groups in total. The summed E-state index contributed by atoms with van der Waals surface area (Å²) in [5, 5.41) is 2.60. The molecule has 0 radical (unpaired) electrons. The van der Waals surface area contributed by atoms with Gasteiger partial charge >= 0.3 is 0 Å². The number of carbonyl (C=O) groups is 2. The van der Waals surface area contributed by atoms with E-state index in [9.17, 15) is 14.0 Å². The Morgan fingerprint density at radius 3 is 2.92 bits per heavy atom. The Morgan fingerprint density at radius 1 is 1.40 bits per heavy atom. The highest BCUT2D eigenvalue weighted by atomic mass is 35.5. The molecule has 7 heteroatoms. The molecule has 0 bridgehead atoms. The van der Waals surface area contributed by atoms with Gasteiger partial charge in [-0.1, -0.05) is 23.7 Å². The number of halogens is 2. The first kappa shape index (κ1) is 17.0. The number of hydrogen-bond acceptors (Lipinski definition) is 3. The molecule has 25 heavy (non-hydrogen) atoms. The molecule has 2 aromatic carbocycles. The van der Waals surface area contributed by atoms with Gasteiger partial charge in [0.15, 0.2) is 6.61 Å². The number of ether oxygens (including phenoxy) is 1. The first-order chi connectivity index (χ1) is 12.0. The van der Waals surface area contributed by atoms with Gasteiger partial charge < -0.3 is 15.0 Å². The van der Waals surface area contributed by atoms with Crippen LogP contribution in [0.2, 0.25) is 5.02 Å². The number of carbonyl (C=O) groups excluding carboxylic acids is 2. The van der Waals surface area contributed by atoms with Crippen LogP contribution in [0, 0.1) is 5.82 Å². The van der Waals surface area contributed by atoms with E-state index in [0.717, 1.165) is 6.07 Å². The second-order valence-electron chi connectivity index (χ2n) is 5.31. The number of benzene rings is 2. The van der Waals surface area contributed by atoms with Gasteiger partial charge in [0, 0.05) is 18.3 Å². The van der Waals surface area contributed by atoms with Crippen LogP contribution in [0.25, 0.3) is 0 Å². The topological polar surface area (TPSA) is 58.6 Å². The highest BCUT2D eigenvalue weighted by Gasteiger charge is 2.25. The normalized spacial score (nSPS) is 13.0. The summed E-state index contributed by atoms with van der Waals surface area (Å²) in [6, 6.07) is 8.85. The lowest BCUT2D eigenvalue weighted by Crippen LogP contribution is -2.38. The summed E-state index contributed by atoms with van der Waals surface area (Å²) < 4.78 is 19.2. The third-order valence-corrected chi connectivity index (χ3v) is 3.98. The predicted octanol–water partition coefficient (Wildman–Crippen LogP) is 3.64. The lowest BCUT2D eigenvalue weighted by molar-refractivity contribution is -0.121. The van der Waals surface area contributed by atoms with Crippen molar-refractivity contribution in [2.75, 3.05) is 23.4 Å². The molecule has 0 fully saturated rings. The molecule has 0 atom stereocenters. The van der Waals surface area contributed by atoms with Crippen molar-refractivity contribution in [1.29, 1.82) is 0 Å². The fraction of sp³-hybridized carbons (Fsp3) is 0.111. The SMILES string of the molecule is C=CCN1C(=O)COc2cc(NC(=O)c3c(F)cccc3Cl)ccc21. The van der Waals surface area contributed by atoms with Crippen molar-refractivity contribution in [3.05, 3.63) is 65.5 Å². The molecule has 128 valence electrons. The summed E-state index contributed by atoms with van der Waals surface area (Å²) in [6.07, 6.45) is 1.61. The van der Waals surface area contributed by atoms with Crippen LogP contribution in [-0.2, 0) is 4.79 Å². The number of anilines is 2. The molecule has 2 aromatic rings. The lowest BCUT2D eigenvalue weighted by Gasteiger charge is -2.28. The van der Waals surface area contributed by atoms with E-state index in [1.165, 1.54) is 17.0 Å². The summed E-state index contributed by atoms with van der Waals surface area (Å²) in [4.78, 5) is 25.7. The zero-order valence-corrected chi connectivity index (χ0v) is 13.8. The van der Waals surface area contributed by atoms with Crippen molar-refractivity contribution in [2.24, 2.45) is 0 Å². The monoisotopic (exact) mass is 360 g/mol. The van der Waals surface area contributed by atoms with Gasteiger partial charge in [-0.3, -0.25) is 9.59 Å². The molecule has 1 aliphatic heterocycles. The number of rotatable bonds is 4. The number of amides is 2. The van der Waals surface area contributed by atoms with Crippen LogP contribution in [0.3, 0.4) is 0 Å². The number of hydrogen-bond donors (Lipinski definition) is 1. The molecule has 2 amide bonds.